The monoisotopic (exact) mass is 217 g/mol. The van der Waals surface area contributed by atoms with Gasteiger partial charge >= 0.3 is 5.97 Å². The lowest BCUT2D eigenvalue weighted by atomic mass is 10.2. The van der Waals surface area contributed by atoms with Crippen LogP contribution in [0.5, 0.6) is 0 Å². The fourth-order valence-corrected chi connectivity index (χ4v) is 1.50. The molecule has 0 saturated carbocycles. The van der Waals surface area contributed by atoms with Crippen molar-refractivity contribution < 1.29 is 14.3 Å². The van der Waals surface area contributed by atoms with Crippen molar-refractivity contribution in [2.45, 2.75) is 32.7 Å². The normalized spacial score (nSPS) is 12.9. The van der Waals surface area contributed by atoms with Crippen LogP contribution in [-0.4, -0.2) is 50.8 Å². The lowest BCUT2D eigenvalue weighted by Crippen LogP contribution is -2.35. The second-order valence-electron chi connectivity index (χ2n) is 3.59. The molecule has 0 bridgehead atoms. The highest BCUT2D eigenvalue weighted by Crippen LogP contribution is 2.05. The van der Waals surface area contributed by atoms with E-state index in [4.69, 9.17) is 4.74 Å². The van der Waals surface area contributed by atoms with Crippen LogP contribution < -0.4 is 0 Å². The van der Waals surface area contributed by atoms with Crippen LogP contribution in [-0.2, 0) is 14.3 Å². The SMILES string of the molecule is CCN(CCC(=O)OC)C(C)CCOC. The van der Waals surface area contributed by atoms with Gasteiger partial charge in [0.1, 0.15) is 0 Å². The molecule has 0 radical (unpaired) electrons. The summed E-state index contributed by atoms with van der Waals surface area (Å²) in [5.41, 5.74) is 0. The van der Waals surface area contributed by atoms with Crippen molar-refractivity contribution in [2.24, 2.45) is 0 Å². The number of carbonyl (C=O) groups excluding carboxylic acids is 1. The van der Waals surface area contributed by atoms with Crippen molar-refractivity contribution in [1.82, 2.24) is 4.90 Å². The molecule has 0 aliphatic heterocycles. The van der Waals surface area contributed by atoms with E-state index in [1.165, 1.54) is 7.11 Å². The molecule has 0 amide bonds. The first-order valence-corrected chi connectivity index (χ1v) is 5.45. The average Bonchev–Trinajstić information content (AvgIpc) is 2.26. The molecule has 0 saturated heterocycles. The Morgan fingerprint density at radius 2 is 2.07 bits per heavy atom. The largest absolute Gasteiger partial charge is 0.469 e. The molecule has 0 aromatic rings. The van der Waals surface area contributed by atoms with Gasteiger partial charge in [-0.1, -0.05) is 6.92 Å². The molecule has 0 aliphatic rings. The third-order valence-corrected chi connectivity index (χ3v) is 2.60. The summed E-state index contributed by atoms with van der Waals surface area (Å²) in [6, 6.07) is 0.444. The molecule has 0 aliphatic carbocycles. The summed E-state index contributed by atoms with van der Waals surface area (Å²) in [7, 11) is 3.13. The second kappa shape index (κ2) is 8.68. The zero-order valence-corrected chi connectivity index (χ0v) is 10.3. The van der Waals surface area contributed by atoms with E-state index in [-0.39, 0.29) is 5.97 Å². The van der Waals surface area contributed by atoms with Crippen LogP contribution in [0.2, 0.25) is 0 Å². The Morgan fingerprint density at radius 1 is 1.40 bits per heavy atom. The Labute approximate surface area is 92.5 Å². The molecule has 4 nitrogen and oxygen atoms in total. The molecule has 0 N–H and O–H groups in total. The van der Waals surface area contributed by atoms with Gasteiger partial charge in [-0.3, -0.25) is 4.79 Å². The van der Waals surface area contributed by atoms with Crippen molar-refractivity contribution in [1.29, 1.82) is 0 Å². The molecular formula is C11H23NO3. The van der Waals surface area contributed by atoms with Crippen molar-refractivity contribution >= 4 is 5.97 Å². The second-order valence-corrected chi connectivity index (χ2v) is 3.59. The minimum absolute atomic E-state index is 0.146. The van der Waals surface area contributed by atoms with E-state index in [1.807, 2.05) is 0 Å². The van der Waals surface area contributed by atoms with Gasteiger partial charge < -0.3 is 14.4 Å². The summed E-state index contributed by atoms with van der Waals surface area (Å²) in [6.07, 6.45) is 1.45. The zero-order valence-electron chi connectivity index (χ0n) is 10.3. The number of carbonyl (C=O) groups is 1. The lowest BCUT2D eigenvalue weighted by Gasteiger charge is -2.27. The quantitative estimate of drug-likeness (QED) is 0.574. The molecule has 1 unspecified atom stereocenters. The van der Waals surface area contributed by atoms with Gasteiger partial charge in [0.2, 0.25) is 0 Å². The molecule has 0 rings (SSSR count). The van der Waals surface area contributed by atoms with Crippen molar-refractivity contribution in [3.63, 3.8) is 0 Å². The predicted octanol–water partition coefficient (Wildman–Crippen LogP) is 1.30. The Morgan fingerprint density at radius 3 is 2.53 bits per heavy atom. The fraction of sp³-hybridized carbons (Fsp3) is 0.909. The van der Waals surface area contributed by atoms with Crippen LogP contribution in [0.4, 0.5) is 0 Å². The van der Waals surface area contributed by atoms with E-state index < -0.39 is 0 Å². The Kier molecular flexibility index (Phi) is 8.33. The summed E-state index contributed by atoms with van der Waals surface area (Å²) < 4.78 is 9.65. The first-order valence-electron chi connectivity index (χ1n) is 5.45. The summed E-state index contributed by atoms with van der Waals surface area (Å²) in [6.45, 7) is 6.71. The number of hydrogen-bond donors (Lipinski definition) is 0. The van der Waals surface area contributed by atoms with Gasteiger partial charge in [-0.15, -0.1) is 0 Å². The van der Waals surface area contributed by atoms with Gasteiger partial charge in [-0.05, 0) is 19.9 Å². The fourth-order valence-electron chi connectivity index (χ4n) is 1.50. The topological polar surface area (TPSA) is 38.8 Å². The van der Waals surface area contributed by atoms with Crippen LogP contribution in [0.15, 0.2) is 0 Å². The van der Waals surface area contributed by atoms with E-state index >= 15 is 0 Å². The minimum atomic E-state index is -0.146. The highest BCUT2D eigenvalue weighted by Gasteiger charge is 2.13. The van der Waals surface area contributed by atoms with Crippen molar-refractivity contribution in [2.75, 3.05) is 33.9 Å². The number of ether oxygens (including phenoxy) is 2. The van der Waals surface area contributed by atoms with E-state index in [2.05, 4.69) is 23.5 Å². The molecule has 4 heteroatoms. The summed E-state index contributed by atoms with van der Waals surface area (Å²) in [5.74, 6) is -0.146. The van der Waals surface area contributed by atoms with Crippen LogP contribution in [0.1, 0.15) is 26.7 Å². The first-order chi connectivity index (χ1) is 7.15. The average molecular weight is 217 g/mol. The Bertz CT molecular complexity index is 173. The number of esters is 1. The van der Waals surface area contributed by atoms with Crippen molar-refractivity contribution in [3.05, 3.63) is 0 Å². The molecule has 0 spiro atoms. The van der Waals surface area contributed by atoms with Crippen molar-refractivity contribution in [3.8, 4) is 0 Å². The maximum atomic E-state index is 11.0. The number of nitrogens with zero attached hydrogens (tertiary/aromatic N) is 1. The number of hydrogen-bond acceptors (Lipinski definition) is 4. The third-order valence-electron chi connectivity index (χ3n) is 2.60. The van der Waals surface area contributed by atoms with Gasteiger partial charge in [0.25, 0.3) is 0 Å². The molecule has 0 fully saturated rings. The van der Waals surface area contributed by atoms with Gasteiger partial charge in [0.15, 0.2) is 0 Å². The van der Waals surface area contributed by atoms with Gasteiger partial charge in [-0.2, -0.15) is 0 Å². The summed E-state index contributed by atoms with van der Waals surface area (Å²) in [5, 5.41) is 0. The minimum Gasteiger partial charge on any atom is -0.469 e. The highest BCUT2D eigenvalue weighted by molar-refractivity contribution is 5.69. The summed E-state index contributed by atoms with van der Waals surface area (Å²) in [4.78, 5) is 13.3. The number of rotatable bonds is 8. The molecular weight excluding hydrogens is 194 g/mol. The summed E-state index contributed by atoms with van der Waals surface area (Å²) >= 11 is 0. The lowest BCUT2D eigenvalue weighted by molar-refractivity contribution is -0.141. The third kappa shape index (κ3) is 6.47. The van der Waals surface area contributed by atoms with E-state index in [1.54, 1.807) is 7.11 Å². The number of methoxy groups -OCH3 is 2. The highest BCUT2D eigenvalue weighted by atomic mass is 16.5. The Balaban J connectivity index is 3.84. The smallest absolute Gasteiger partial charge is 0.306 e. The van der Waals surface area contributed by atoms with E-state index in [0.29, 0.717) is 12.5 Å². The molecule has 0 heterocycles. The van der Waals surface area contributed by atoms with Gasteiger partial charge in [0.05, 0.1) is 13.5 Å². The first kappa shape index (κ1) is 14.4. The van der Waals surface area contributed by atoms with Gasteiger partial charge in [0, 0.05) is 26.3 Å². The molecule has 90 valence electrons. The van der Waals surface area contributed by atoms with Gasteiger partial charge in [-0.25, -0.2) is 0 Å². The van der Waals surface area contributed by atoms with Crippen LogP contribution in [0.25, 0.3) is 0 Å². The van der Waals surface area contributed by atoms with Crippen LogP contribution >= 0.6 is 0 Å². The van der Waals surface area contributed by atoms with E-state index in [9.17, 15) is 4.79 Å². The Hall–Kier alpha value is -0.610. The maximum absolute atomic E-state index is 11.0. The maximum Gasteiger partial charge on any atom is 0.306 e. The predicted molar refractivity (Wildman–Crippen MR) is 59.8 cm³/mol. The molecule has 0 aromatic carbocycles. The van der Waals surface area contributed by atoms with Crippen LogP contribution in [0, 0.1) is 0 Å². The zero-order chi connectivity index (χ0) is 11.7. The standard InChI is InChI=1S/C11H23NO3/c1-5-12(8-6-11(13)15-4)10(2)7-9-14-3/h10H,5-9H2,1-4H3. The molecule has 0 aromatic heterocycles. The van der Waals surface area contributed by atoms with E-state index in [0.717, 1.165) is 26.1 Å². The molecule has 15 heavy (non-hydrogen) atoms. The van der Waals surface area contributed by atoms with Crippen LogP contribution in [0.3, 0.4) is 0 Å². The molecule has 1 atom stereocenters.